The van der Waals surface area contributed by atoms with Crippen molar-refractivity contribution in [1.29, 1.82) is 0 Å². The lowest BCUT2D eigenvalue weighted by atomic mass is 10.0. The Morgan fingerprint density at radius 3 is 2.24 bits per heavy atom. The van der Waals surface area contributed by atoms with E-state index in [0.717, 1.165) is 19.3 Å². The SMILES string of the molecule is CCCC(CCBr)CNS(=O)(=O)c1c(F)cc(F)cc1F. The maximum Gasteiger partial charge on any atom is 0.246 e. The molecule has 0 bridgehead atoms. The number of sulfonamides is 1. The molecule has 0 aliphatic rings. The Kier molecular flexibility index (Phi) is 7.15. The van der Waals surface area contributed by atoms with E-state index < -0.39 is 32.4 Å². The van der Waals surface area contributed by atoms with Crippen molar-refractivity contribution in [3.63, 3.8) is 0 Å². The third kappa shape index (κ3) is 5.27. The van der Waals surface area contributed by atoms with Crippen LogP contribution in [0.15, 0.2) is 17.0 Å². The number of benzene rings is 1. The summed E-state index contributed by atoms with van der Waals surface area (Å²) in [5.41, 5.74) is 0. The summed E-state index contributed by atoms with van der Waals surface area (Å²) in [7, 11) is -4.35. The number of hydrogen-bond acceptors (Lipinski definition) is 2. The number of rotatable bonds is 8. The van der Waals surface area contributed by atoms with E-state index in [1.165, 1.54) is 0 Å². The highest BCUT2D eigenvalue weighted by Gasteiger charge is 2.25. The van der Waals surface area contributed by atoms with E-state index in [2.05, 4.69) is 20.7 Å². The molecule has 1 aromatic carbocycles. The second-order valence-corrected chi connectivity index (χ2v) is 7.18. The molecular weight excluding hydrogens is 371 g/mol. The van der Waals surface area contributed by atoms with Crippen molar-refractivity contribution in [2.24, 2.45) is 5.92 Å². The van der Waals surface area contributed by atoms with Crippen molar-refractivity contribution in [3.8, 4) is 0 Å². The smallest absolute Gasteiger partial charge is 0.211 e. The zero-order valence-corrected chi connectivity index (χ0v) is 13.9. The molecule has 0 fully saturated rings. The quantitative estimate of drug-likeness (QED) is 0.692. The predicted octanol–water partition coefficient (Wildman–Crippen LogP) is 3.58. The minimum absolute atomic E-state index is 0.0655. The van der Waals surface area contributed by atoms with Crippen LogP contribution in [-0.4, -0.2) is 20.3 Å². The molecule has 120 valence electrons. The molecule has 1 atom stereocenters. The lowest BCUT2D eigenvalue weighted by Crippen LogP contribution is -2.31. The van der Waals surface area contributed by atoms with Crippen molar-refractivity contribution in [2.75, 3.05) is 11.9 Å². The van der Waals surface area contributed by atoms with Crippen LogP contribution in [0.4, 0.5) is 13.2 Å². The van der Waals surface area contributed by atoms with Crippen LogP contribution in [0.2, 0.25) is 0 Å². The molecule has 0 saturated carbocycles. The van der Waals surface area contributed by atoms with Crippen LogP contribution in [0.3, 0.4) is 0 Å². The van der Waals surface area contributed by atoms with Gasteiger partial charge in [0.25, 0.3) is 0 Å². The third-order valence-corrected chi connectivity index (χ3v) is 4.94. The van der Waals surface area contributed by atoms with Gasteiger partial charge in [0.2, 0.25) is 10.0 Å². The summed E-state index contributed by atoms with van der Waals surface area (Å²) in [5, 5.41) is 0.707. The maximum atomic E-state index is 13.5. The van der Waals surface area contributed by atoms with E-state index in [4.69, 9.17) is 0 Å². The zero-order chi connectivity index (χ0) is 16.0. The monoisotopic (exact) mass is 387 g/mol. The van der Waals surface area contributed by atoms with E-state index in [0.29, 0.717) is 17.5 Å². The van der Waals surface area contributed by atoms with E-state index in [1.54, 1.807) is 0 Å². The minimum atomic E-state index is -4.35. The van der Waals surface area contributed by atoms with Crippen LogP contribution in [0.1, 0.15) is 26.2 Å². The Hall–Kier alpha value is -0.600. The molecule has 0 heterocycles. The van der Waals surface area contributed by atoms with Gasteiger partial charge in [-0.3, -0.25) is 0 Å². The lowest BCUT2D eigenvalue weighted by Gasteiger charge is -2.16. The standard InChI is InChI=1S/C13H17BrF3NO2S/c1-2-3-9(4-5-14)8-18-21(19,20)13-11(16)6-10(15)7-12(13)17/h6-7,9,18H,2-5,8H2,1H3. The third-order valence-electron chi connectivity index (χ3n) is 3.01. The minimum Gasteiger partial charge on any atom is -0.211 e. The Morgan fingerprint density at radius 2 is 1.76 bits per heavy atom. The first-order valence-corrected chi connectivity index (χ1v) is 9.12. The molecule has 0 aliphatic heterocycles. The Bertz CT molecular complexity index is 552. The molecule has 1 rings (SSSR count). The first kappa shape index (κ1) is 18.4. The molecule has 1 N–H and O–H groups in total. The van der Waals surface area contributed by atoms with E-state index >= 15 is 0 Å². The molecule has 21 heavy (non-hydrogen) atoms. The van der Waals surface area contributed by atoms with Gasteiger partial charge in [-0.2, -0.15) is 0 Å². The van der Waals surface area contributed by atoms with Crippen LogP contribution < -0.4 is 4.72 Å². The van der Waals surface area contributed by atoms with Gasteiger partial charge in [-0.05, 0) is 18.8 Å². The van der Waals surface area contributed by atoms with Gasteiger partial charge in [0.15, 0.2) is 4.90 Å². The van der Waals surface area contributed by atoms with Crippen LogP contribution in [0.25, 0.3) is 0 Å². The van der Waals surface area contributed by atoms with Crippen molar-refractivity contribution in [3.05, 3.63) is 29.6 Å². The molecule has 1 aromatic rings. The molecule has 3 nitrogen and oxygen atoms in total. The molecule has 1 unspecified atom stereocenters. The fraction of sp³-hybridized carbons (Fsp3) is 0.538. The largest absolute Gasteiger partial charge is 0.246 e. The fourth-order valence-electron chi connectivity index (χ4n) is 2.00. The number of hydrogen-bond donors (Lipinski definition) is 1. The Labute approximate surface area is 131 Å². The molecule has 0 amide bonds. The van der Waals surface area contributed by atoms with Crippen LogP contribution in [0.5, 0.6) is 0 Å². The Balaban J connectivity index is 2.92. The van der Waals surface area contributed by atoms with Crippen LogP contribution in [-0.2, 0) is 10.0 Å². The molecule has 8 heteroatoms. The number of nitrogens with one attached hydrogen (secondary N) is 1. The van der Waals surface area contributed by atoms with Gasteiger partial charge in [0, 0.05) is 24.0 Å². The average Bonchev–Trinajstić information content (AvgIpc) is 2.35. The summed E-state index contributed by atoms with van der Waals surface area (Å²) in [5.74, 6) is -3.97. The molecule has 0 aromatic heterocycles. The Morgan fingerprint density at radius 1 is 1.19 bits per heavy atom. The van der Waals surface area contributed by atoms with Gasteiger partial charge in [0.05, 0.1) is 0 Å². The summed E-state index contributed by atoms with van der Waals surface area (Å²) in [6.45, 7) is 2.05. The van der Waals surface area contributed by atoms with Gasteiger partial charge < -0.3 is 0 Å². The van der Waals surface area contributed by atoms with E-state index in [1.807, 2.05) is 6.92 Å². The highest BCUT2D eigenvalue weighted by atomic mass is 79.9. The van der Waals surface area contributed by atoms with Crippen molar-refractivity contribution in [1.82, 2.24) is 4.72 Å². The van der Waals surface area contributed by atoms with Gasteiger partial charge in [-0.15, -0.1) is 0 Å². The fourth-order valence-corrected chi connectivity index (χ4v) is 3.87. The summed E-state index contributed by atoms with van der Waals surface area (Å²) in [6, 6.07) is 0.694. The molecule has 0 spiro atoms. The molecule has 0 aliphatic carbocycles. The van der Waals surface area contributed by atoms with Crippen molar-refractivity contribution < 1.29 is 21.6 Å². The maximum absolute atomic E-state index is 13.5. The van der Waals surface area contributed by atoms with E-state index in [-0.39, 0.29) is 12.5 Å². The number of halogens is 4. The second-order valence-electron chi connectivity index (χ2n) is 4.68. The first-order valence-electron chi connectivity index (χ1n) is 6.52. The molecule has 0 saturated heterocycles. The number of alkyl halides is 1. The van der Waals surface area contributed by atoms with Crippen molar-refractivity contribution in [2.45, 2.75) is 31.1 Å². The summed E-state index contributed by atoms with van der Waals surface area (Å²) >= 11 is 3.28. The van der Waals surface area contributed by atoms with Crippen LogP contribution >= 0.6 is 15.9 Å². The first-order chi connectivity index (χ1) is 9.81. The van der Waals surface area contributed by atoms with Gasteiger partial charge in [0.1, 0.15) is 17.5 Å². The van der Waals surface area contributed by atoms with Gasteiger partial charge >= 0.3 is 0 Å². The van der Waals surface area contributed by atoms with E-state index in [9.17, 15) is 21.6 Å². The van der Waals surface area contributed by atoms with Gasteiger partial charge in [-0.1, -0.05) is 29.3 Å². The highest BCUT2D eigenvalue weighted by molar-refractivity contribution is 9.09. The summed E-state index contributed by atoms with van der Waals surface area (Å²) in [6.07, 6.45) is 2.41. The normalized spacial score (nSPS) is 13.4. The molecular formula is C13H17BrF3NO2S. The van der Waals surface area contributed by atoms with Crippen LogP contribution in [0, 0.1) is 23.4 Å². The summed E-state index contributed by atoms with van der Waals surface area (Å²) < 4.78 is 66.0. The second kappa shape index (κ2) is 8.14. The lowest BCUT2D eigenvalue weighted by molar-refractivity contribution is 0.453. The predicted molar refractivity (Wildman–Crippen MR) is 78.3 cm³/mol. The van der Waals surface area contributed by atoms with Gasteiger partial charge in [-0.25, -0.2) is 26.3 Å². The van der Waals surface area contributed by atoms with Crippen molar-refractivity contribution >= 4 is 26.0 Å². The summed E-state index contributed by atoms with van der Waals surface area (Å²) in [4.78, 5) is -1.14. The topological polar surface area (TPSA) is 46.2 Å². The zero-order valence-electron chi connectivity index (χ0n) is 11.5. The molecule has 0 radical (unpaired) electrons. The average molecular weight is 388 g/mol. The highest BCUT2D eigenvalue weighted by Crippen LogP contribution is 2.21.